The summed E-state index contributed by atoms with van der Waals surface area (Å²) < 4.78 is 20.2. The predicted molar refractivity (Wildman–Crippen MR) is 67.6 cm³/mol. The van der Waals surface area contributed by atoms with Crippen molar-refractivity contribution in [3.63, 3.8) is 0 Å². The van der Waals surface area contributed by atoms with E-state index in [9.17, 15) is 9.60 Å². The van der Waals surface area contributed by atoms with Gasteiger partial charge in [-0.25, -0.2) is 4.39 Å². The second-order valence-corrected chi connectivity index (χ2v) is 4.78. The average molecular weight is 271 g/mol. The number of aryl methyl sites for hydroxylation is 1. The molecule has 0 bridgehead atoms. The second-order valence-electron chi connectivity index (χ2n) is 4.78. The average Bonchev–Trinajstić information content (AvgIpc) is 3.03. The molecule has 20 heavy (non-hydrogen) atoms. The molecule has 0 saturated carbocycles. The Morgan fingerprint density at radius 2 is 2.10 bits per heavy atom. The van der Waals surface area contributed by atoms with E-state index < -0.39 is 0 Å². The number of rotatable bonds is 1. The zero-order chi connectivity index (χ0) is 13.7. The highest BCUT2D eigenvalue weighted by Gasteiger charge is 2.29. The van der Waals surface area contributed by atoms with E-state index in [0.29, 0.717) is 34.8 Å². The Labute approximate surface area is 113 Å². The van der Waals surface area contributed by atoms with Crippen LogP contribution in [-0.4, -0.2) is 9.72 Å². The summed E-state index contributed by atoms with van der Waals surface area (Å²) in [4.78, 5) is 0.443. The van der Waals surface area contributed by atoms with Crippen LogP contribution in [0.4, 0.5) is 4.39 Å². The van der Waals surface area contributed by atoms with E-state index in [2.05, 4.69) is 9.79 Å². The van der Waals surface area contributed by atoms with E-state index in [-0.39, 0.29) is 5.82 Å². The molecule has 0 fully saturated rings. The first-order valence-electron chi connectivity index (χ1n) is 6.29. The Morgan fingerprint density at radius 3 is 2.95 bits per heavy atom. The molecule has 5 nitrogen and oxygen atoms in total. The highest BCUT2D eigenvalue weighted by Crippen LogP contribution is 2.32. The minimum atomic E-state index is -0.292. The first-order chi connectivity index (χ1) is 9.74. The fraction of sp³-hybridized carbons (Fsp3) is 0.143. The van der Waals surface area contributed by atoms with Gasteiger partial charge < -0.3 is 9.77 Å². The molecular weight excluding hydrogens is 261 g/mol. The van der Waals surface area contributed by atoms with E-state index in [4.69, 9.17) is 0 Å². The van der Waals surface area contributed by atoms with Crippen molar-refractivity contribution in [3.05, 3.63) is 58.9 Å². The first kappa shape index (κ1) is 11.2. The van der Waals surface area contributed by atoms with Crippen molar-refractivity contribution in [3.8, 4) is 16.9 Å². The minimum absolute atomic E-state index is 0.292. The lowest BCUT2D eigenvalue weighted by atomic mass is 9.97. The first-order valence-corrected chi connectivity index (χ1v) is 6.29. The Bertz CT molecular complexity index is 807. The molecule has 3 aromatic rings. The van der Waals surface area contributed by atoms with Gasteiger partial charge in [0.1, 0.15) is 5.82 Å². The van der Waals surface area contributed by atoms with Crippen molar-refractivity contribution in [2.75, 3.05) is 0 Å². The number of benzene rings is 1. The maximum Gasteiger partial charge on any atom is 0.253 e. The largest absolute Gasteiger partial charge is 0.359 e. The molecule has 0 aliphatic heterocycles. The van der Waals surface area contributed by atoms with Gasteiger partial charge in [-0.05, 0) is 29.0 Å². The van der Waals surface area contributed by atoms with Crippen molar-refractivity contribution in [1.82, 2.24) is 9.72 Å². The van der Waals surface area contributed by atoms with Crippen LogP contribution in [0.25, 0.3) is 16.9 Å². The molecule has 6 heteroatoms. The molecule has 0 radical (unpaired) electrons. The van der Waals surface area contributed by atoms with Crippen LogP contribution in [0.1, 0.15) is 11.3 Å². The molecule has 0 atom stereocenters. The molecule has 2 heterocycles. The SMILES string of the molecule is [O-][n+]1onc2c1CCc1cn(-c3ccccc3F)cc1-2. The van der Waals surface area contributed by atoms with Gasteiger partial charge in [-0.15, -0.1) is 0 Å². The van der Waals surface area contributed by atoms with Crippen molar-refractivity contribution in [2.45, 2.75) is 12.8 Å². The number of para-hydroxylation sites is 1. The Morgan fingerprint density at radius 1 is 1.25 bits per heavy atom. The summed E-state index contributed by atoms with van der Waals surface area (Å²) in [5.41, 5.74) is 3.42. The smallest absolute Gasteiger partial charge is 0.253 e. The standard InChI is InChI=1S/C14H10FN3O2/c15-11-3-1-2-4-12(11)17-7-9-5-6-13-14(10(9)8-17)16-20-18(13)19/h1-4,7-8H,5-6H2. The van der Waals surface area contributed by atoms with Gasteiger partial charge in [0.2, 0.25) is 5.69 Å². The van der Waals surface area contributed by atoms with E-state index in [1.807, 2.05) is 6.20 Å². The maximum atomic E-state index is 13.8. The lowest BCUT2D eigenvalue weighted by Gasteiger charge is -2.04. The van der Waals surface area contributed by atoms with Gasteiger partial charge in [-0.3, -0.25) is 4.63 Å². The van der Waals surface area contributed by atoms with Crippen LogP contribution in [0.5, 0.6) is 0 Å². The summed E-state index contributed by atoms with van der Waals surface area (Å²) in [6.07, 6.45) is 4.96. The number of aromatic nitrogens is 3. The summed E-state index contributed by atoms with van der Waals surface area (Å²) in [6, 6.07) is 6.56. The van der Waals surface area contributed by atoms with Crippen LogP contribution in [-0.2, 0) is 12.8 Å². The van der Waals surface area contributed by atoms with Gasteiger partial charge in [-0.2, -0.15) is 0 Å². The Hall–Kier alpha value is -2.63. The van der Waals surface area contributed by atoms with Crippen molar-refractivity contribution in [1.29, 1.82) is 0 Å². The maximum absolute atomic E-state index is 13.8. The molecule has 0 unspecified atom stereocenters. The molecule has 0 spiro atoms. The van der Waals surface area contributed by atoms with E-state index in [0.717, 1.165) is 11.1 Å². The highest BCUT2D eigenvalue weighted by molar-refractivity contribution is 5.67. The molecule has 1 aromatic carbocycles. The summed E-state index contributed by atoms with van der Waals surface area (Å²) in [6.45, 7) is 0. The minimum Gasteiger partial charge on any atom is -0.359 e. The number of hydrogen-bond acceptors (Lipinski definition) is 3. The van der Waals surface area contributed by atoms with Crippen LogP contribution in [0, 0.1) is 11.0 Å². The van der Waals surface area contributed by atoms with Crippen molar-refractivity contribution in [2.24, 2.45) is 0 Å². The summed E-state index contributed by atoms with van der Waals surface area (Å²) in [7, 11) is 0. The van der Waals surface area contributed by atoms with Gasteiger partial charge in [-0.1, -0.05) is 12.1 Å². The molecule has 4 rings (SSSR count). The zero-order valence-corrected chi connectivity index (χ0v) is 10.4. The van der Waals surface area contributed by atoms with Crippen LogP contribution in [0.3, 0.4) is 0 Å². The molecule has 1 aliphatic carbocycles. The predicted octanol–water partition coefficient (Wildman–Crippen LogP) is 2.00. The van der Waals surface area contributed by atoms with E-state index in [1.165, 1.54) is 6.07 Å². The Kier molecular flexibility index (Phi) is 2.20. The highest BCUT2D eigenvalue weighted by atomic mass is 19.1. The third kappa shape index (κ3) is 1.48. The van der Waals surface area contributed by atoms with Gasteiger partial charge in [0.05, 0.1) is 11.3 Å². The van der Waals surface area contributed by atoms with E-state index in [1.54, 1.807) is 29.0 Å². The lowest BCUT2D eigenvalue weighted by Crippen LogP contribution is -2.29. The third-order valence-electron chi connectivity index (χ3n) is 3.63. The molecule has 1 aliphatic rings. The normalized spacial score (nSPS) is 13.1. The van der Waals surface area contributed by atoms with Gasteiger partial charge in [0.15, 0.2) is 0 Å². The molecular formula is C14H10FN3O2. The van der Waals surface area contributed by atoms with Gasteiger partial charge >= 0.3 is 0 Å². The number of halogens is 1. The summed E-state index contributed by atoms with van der Waals surface area (Å²) in [5, 5.41) is 15.2. The van der Waals surface area contributed by atoms with Crippen LogP contribution in [0.2, 0.25) is 0 Å². The number of nitrogens with zero attached hydrogens (tertiary/aromatic N) is 3. The fourth-order valence-corrected chi connectivity index (χ4v) is 2.64. The van der Waals surface area contributed by atoms with Gasteiger partial charge in [0, 0.05) is 24.0 Å². The van der Waals surface area contributed by atoms with E-state index >= 15 is 0 Å². The number of fused-ring (bicyclic) bond motifs is 3. The molecule has 0 saturated heterocycles. The lowest BCUT2D eigenvalue weighted by molar-refractivity contribution is -0.807. The van der Waals surface area contributed by atoms with Crippen LogP contribution >= 0.6 is 0 Å². The molecule has 100 valence electrons. The topological polar surface area (TPSA) is 57.9 Å². The van der Waals surface area contributed by atoms with Crippen molar-refractivity contribution >= 4 is 0 Å². The fourth-order valence-electron chi connectivity index (χ4n) is 2.64. The van der Waals surface area contributed by atoms with Gasteiger partial charge in [0.25, 0.3) is 5.69 Å². The monoisotopic (exact) mass is 271 g/mol. The second kappa shape index (κ2) is 3.93. The molecule has 2 aromatic heterocycles. The summed E-state index contributed by atoms with van der Waals surface area (Å²) in [5.74, 6) is -0.292. The molecule has 0 N–H and O–H groups in total. The van der Waals surface area contributed by atoms with Crippen molar-refractivity contribution < 1.29 is 13.9 Å². The zero-order valence-electron chi connectivity index (χ0n) is 10.4. The van der Waals surface area contributed by atoms with Crippen LogP contribution in [0.15, 0.2) is 41.3 Å². The quantitative estimate of drug-likeness (QED) is 0.636. The Balaban J connectivity index is 1.89. The van der Waals surface area contributed by atoms with Crippen LogP contribution < -0.4 is 4.90 Å². The molecule has 0 amide bonds. The number of hydrogen-bond donors (Lipinski definition) is 0. The summed E-state index contributed by atoms with van der Waals surface area (Å²) >= 11 is 0. The third-order valence-corrected chi connectivity index (χ3v) is 3.63.